The number of para-hydroxylation sites is 1. The second kappa shape index (κ2) is 18.0. The lowest BCUT2D eigenvalue weighted by atomic mass is 10.0. The molecule has 1 aliphatic rings. The summed E-state index contributed by atoms with van der Waals surface area (Å²) in [6, 6.07) is 49.9. The summed E-state index contributed by atoms with van der Waals surface area (Å²) in [6.45, 7) is 6.06. The van der Waals surface area contributed by atoms with Crippen LogP contribution in [-0.4, -0.2) is 11.2 Å². The van der Waals surface area contributed by atoms with Crippen molar-refractivity contribution in [2.75, 3.05) is 0 Å². The first-order valence-corrected chi connectivity index (χ1v) is 16.2. The molecular formula is C46H40N2O. The van der Waals surface area contributed by atoms with Gasteiger partial charge in [-0.1, -0.05) is 158 Å². The van der Waals surface area contributed by atoms with Crippen molar-refractivity contribution in [2.24, 2.45) is 0 Å². The van der Waals surface area contributed by atoms with Crippen LogP contribution in [0.2, 0.25) is 0 Å². The number of fused-ring (bicyclic) bond motifs is 6. The van der Waals surface area contributed by atoms with Gasteiger partial charge in [0.2, 0.25) is 0 Å². The molecule has 3 heteroatoms. The molecule has 6 aromatic carbocycles. The Bertz CT molecular complexity index is 2210. The zero-order valence-electron chi connectivity index (χ0n) is 27.7. The second-order valence-corrected chi connectivity index (χ2v) is 11.0. The first-order chi connectivity index (χ1) is 24.2. The average molecular weight is 637 g/mol. The summed E-state index contributed by atoms with van der Waals surface area (Å²) in [5, 5.41) is 11.4. The monoisotopic (exact) mass is 636 g/mol. The average Bonchev–Trinajstić information content (AvgIpc) is 3.55. The minimum Gasteiger partial charge on any atom is -0.464 e. The molecule has 2 N–H and O–H groups in total. The number of hydrogen-bond donors (Lipinski definition) is 2. The van der Waals surface area contributed by atoms with Gasteiger partial charge in [-0.15, -0.1) is 0 Å². The highest BCUT2D eigenvalue weighted by molar-refractivity contribution is 6.12. The highest BCUT2D eigenvalue weighted by Crippen LogP contribution is 2.39. The van der Waals surface area contributed by atoms with Gasteiger partial charge < -0.3 is 15.1 Å². The lowest BCUT2D eigenvalue weighted by Crippen LogP contribution is -1.92. The van der Waals surface area contributed by atoms with E-state index in [4.69, 9.17) is 10.1 Å². The summed E-state index contributed by atoms with van der Waals surface area (Å²) in [5.74, 6) is 0.866. The van der Waals surface area contributed by atoms with E-state index in [2.05, 4.69) is 103 Å². The summed E-state index contributed by atoms with van der Waals surface area (Å²) in [4.78, 5) is 3.43. The van der Waals surface area contributed by atoms with Crippen LogP contribution in [0.25, 0.3) is 49.3 Å². The Kier molecular flexibility index (Phi) is 12.5. The molecule has 0 aliphatic carbocycles. The van der Waals surface area contributed by atoms with Crippen molar-refractivity contribution >= 4 is 44.4 Å². The molecule has 2 heterocycles. The SMILES string of the molecule is C/C=C\C=C/C=N.C=C1/C=C\C=C/Oc2c1ccc1[nH]c3ccccc3c21.c1ccc(-c2ccc3ccccc3c2)cc1.c1ccccc1. The molecule has 0 spiro atoms. The van der Waals surface area contributed by atoms with Crippen LogP contribution in [0.15, 0.2) is 201 Å². The standard InChI is InChI=1S/C18H13NO.C16H12.C6H9N.C6H6/c1-12-6-4-5-11-20-18-13(12)9-10-16-17(18)14-7-2-3-8-15(14)19-16;1-2-6-13(7-3-1)16-11-10-14-8-4-5-9-15(14)12-16;1-2-3-4-5-6-7;1-2-4-6-5-3-1/h2-11,19H,1H2;1-12H;2-7H,1H3;1-6H/b6-4-,11-5-;;3-2-,5-4-,7-6?;. The number of aromatic nitrogens is 1. The van der Waals surface area contributed by atoms with Gasteiger partial charge in [0, 0.05) is 22.7 Å². The topological polar surface area (TPSA) is 48.9 Å². The van der Waals surface area contributed by atoms with E-state index in [1.54, 1.807) is 12.3 Å². The predicted molar refractivity (Wildman–Crippen MR) is 212 cm³/mol. The van der Waals surface area contributed by atoms with Gasteiger partial charge in [-0.2, -0.15) is 0 Å². The third-order valence-corrected chi connectivity index (χ3v) is 7.68. The van der Waals surface area contributed by atoms with Crippen LogP contribution in [0.5, 0.6) is 5.75 Å². The summed E-state index contributed by atoms with van der Waals surface area (Å²) >= 11 is 0. The summed E-state index contributed by atoms with van der Waals surface area (Å²) in [7, 11) is 0. The molecule has 0 radical (unpaired) electrons. The van der Waals surface area contributed by atoms with E-state index in [9.17, 15) is 0 Å². The molecule has 0 saturated carbocycles. The van der Waals surface area contributed by atoms with Crippen molar-refractivity contribution in [3.8, 4) is 16.9 Å². The molecule has 8 rings (SSSR count). The molecule has 0 saturated heterocycles. The number of hydrogen-bond acceptors (Lipinski definition) is 2. The fourth-order valence-electron chi connectivity index (χ4n) is 5.31. The van der Waals surface area contributed by atoms with E-state index in [-0.39, 0.29) is 0 Å². The van der Waals surface area contributed by atoms with Crippen LogP contribution in [0.1, 0.15) is 12.5 Å². The Labute approximate surface area is 289 Å². The van der Waals surface area contributed by atoms with E-state index < -0.39 is 0 Å². The number of benzene rings is 6. The number of nitrogens with one attached hydrogen (secondary N) is 2. The van der Waals surface area contributed by atoms with Crippen molar-refractivity contribution in [3.63, 3.8) is 0 Å². The van der Waals surface area contributed by atoms with Crippen LogP contribution in [0.4, 0.5) is 0 Å². The molecule has 0 amide bonds. The molecule has 0 atom stereocenters. The smallest absolute Gasteiger partial charge is 0.144 e. The van der Waals surface area contributed by atoms with Gasteiger partial charge in [0.05, 0.1) is 17.2 Å². The highest BCUT2D eigenvalue weighted by atomic mass is 16.5. The molecule has 240 valence electrons. The largest absolute Gasteiger partial charge is 0.464 e. The van der Waals surface area contributed by atoms with Gasteiger partial charge in [0.25, 0.3) is 0 Å². The maximum Gasteiger partial charge on any atom is 0.144 e. The van der Waals surface area contributed by atoms with E-state index >= 15 is 0 Å². The van der Waals surface area contributed by atoms with E-state index in [1.807, 2.05) is 98.0 Å². The van der Waals surface area contributed by atoms with Crippen molar-refractivity contribution in [2.45, 2.75) is 6.92 Å². The Hall–Kier alpha value is -6.45. The number of allylic oxidation sites excluding steroid dienone is 8. The number of ether oxygens (including phenoxy) is 1. The third kappa shape index (κ3) is 9.31. The van der Waals surface area contributed by atoms with Crippen molar-refractivity contribution < 1.29 is 4.74 Å². The van der Waals surface area contributed by atoms with Crippen molar-refractivity contribution in [3.05, 3.63) is 207 Å². The molecule has 3 nitrogen and oxygen atoms in total. The van der Waals surface area contributed by atoms with Crippen LogP contribution < -0.4 is 4.74 Å². The zero-order chi connectivity index (χ0) is 34.1. The minimum atomic E-state index is 0.866. The maximum atomic E-state index is 6.54. The Morgan fingerprint density at radius 3 is 2.02 bits per heavy atom. The fraction of sp³-hybridized carbons (Fsp3) is 0.0217. The Morgan fingerprint density at radius 2 is 1.29 bits per heavy atom. The van der Waals surface area contributed by atoms with Crippen LogP contribution in [0, 0.1) is 5.41 Å². The van der Waals surface area contributed by atoms with Crippen molar-refractivity contribution in [1.82, 2.24) is 4.98 Å². The van der Waals surface area contributed by atoms with E-state index in [0.717, 1.165) is 33.3 Å². The van der Waals surface area contributed by atoms with E-state index in [1.165, 1.54) is 33.5 Å². The van der Waals surface area contributed by atoms with Gasteiger partial charge in [-0.3, -0.25) is 0 Å². The van der Waals surface area contributed by atoms with Crippen LogP contribution in [0.3, 0.4) is 0 Å². The molecule has 1 aromatic heterocycles. The number of rotatable bonds is 3. The van der Waals surface area contributed by atoms with E-state index in [0.29, 0.717) is 0 Å². The number of H-pyrrole nitrogens is 1. The normalized spacial score (nSPS) is 13.0. The van der Waals surface area contributed by atoms with Gasteiger partial charge in [0.1, 0.15) is 5.75 Å². The molecule has 7 aromatic rings. The molecular weight excluding hydrogens is 597 g/mol. The minimum absolute atomic E-state index is 0.866. The van der Waals surface area contributed by atoms with Crippen LogP contribution in [-0.2, 0) is 0 Å². The van der Waals surface area contributed by atoms with Gasteiger partial charge in [-0.25, -0.2) is 0 Å². The van der Waals surface area contributed by atoms with Gasteiger partial charge in [-0.05, 0) is 70.8 Å². The molecule has 0 fully saturated rings. The van der Waals surface area contributed by atoms with Gasteiger partial charge >= 0.3 is 0 Å². The Balaban J connectivity index is 0.000000143. The first kappa shape index (κ1) is 33.9. The van der Waals surface area contributed by atoms with Crippen LogP contribution >= 0.6 is 0 Å². The summed E-state index contributed by atoms with van der Waals surface area (Å²) in [6.07, 6.45) is 16.0. The molecule has 1 aliphatic heterocycles. The fourth-order valence-corrected chi connectivity index (χ4v) is 5.31. The lowest BCUT2D eigenvalue weighted by Gasteiger charge is -2.12. The first-order valence-electron chi connectivity index (χ1n) is 16.2. The molecule has 0 bridgehead atoms. The maximum absolute atomic E-state index is 6.54. The summed E-state index contributed by atoms with van der Waals surface area (Å²) < 4.78 is 5.87. The third-order valence-electron chi connectivity index (χ3n) is 7.68. The quantitative estimate of drug-likeness (QED) is 0.147. The van der Waals surface area contributed by atoms with Gasteiger partial charge in [0.15, 0.2) is 0 Å². The number of aromatic amines is 1. The lowest BCUT2D eigenvalue weighted by molar-refractivity contribution is 0.485. The predicted octanol–water partition coefficient (Wildman–Crippen LogP) is 12.8. The van der Waals surface area contributed by atoms with Crippen molar-refractivity contribution in [1.29, 1.82) is 5.41 Å². The summed E-state index contributed by atoms with van der Waals surface area (Å²) in [5.41, 5.74) is 6.73. The second-order valence-electron chi connectivity index (χ2n) is 11.0. The highest BCUT2D eigenvalue weighted by Gasteiger charge is 2.15. The molecule has 49 heavy (non-hydrogen) atoms. The molecule has 0 unspecified atom stereocenters. The Morgan fingerprint density at radius 1 is 0.612 bits per heavy atom. The zero-order valence-corrected chi connectivity index (χ0v) is 27.7.